The summed E-state index contributed by atoms with van der Waals surface area (Å²) in [5, 5.41) is 7.78. The van der Waals surface area contributed by atoms with Gasteiger partial charge in [0.2, 0.25) is 5.82 Å². The molecule has 2 heterocycles. The first-order valence-electron chi connectivity index (χ1n) is 8.31. The number of oxazole rings is 1. The van der Waals surface area contributed by atoms with Gasteiger partial charge in [-0.2, -0.15) is 0 Å². The van der Waals surface area contributed by atoms with E-state index in [0.717, 1.165) is 0 Å². The Kier molecular flexibility index (Phi) is 4.66. The molecular weight excluding hydrogens is 405 g/mol. The summed E-state index contributed by atoms with van der Waals surface area (Å²) in [6, 6.07) is 9.87. The number of H-pyrrole nitrogens is 1. The standard InChI is InChI=1S/C18H13Cl2N5O3/c1-2-14-23-16(24-25(14)15-10(19)4-3-5-11(15)20)17(26)21-9-6-7-13-12(8-9)22-18(27)28-13/h3-8H,2H2,1H3,(H,21,26)(H,22,27). The molecule has 0 aliphatic carbocycles. The van der Waals surface area contributed by atoms with Gasteiger partial charge in [0.25, 0.3) is 5.91 Å². The molecule has 0 radical (unpaired) electrons. The van der Waals surface area contributed by atoms with Crippen molar-refractivity contribution in [2.24, 2.45) is 0 Å². The minimum atomic E-state index is -0.567. The number of halogens is 2. The van der Waals surface area contributed by atoms with Crippen LogP contribution in [0.4, 0.5) is 5.69 Å². The highest BCUT2D eigenvalue weighted by molar-refractivity contribution is 6.37. The highest BCUT2D eigenvalue weighted by atomic mass is 35.5. The minimum Gasteiger partial charge on any atom is -0.408 e. The van der Waals surface area contributed by atoms with E-state index >= 15 is 0 Å². The quantitative estimate of drug-likeness (QED) is 0.524. The maximum absolute atomic E-state index is 12.6. The number of amides is 1. The van der Waals surface area contributed by atoms with Crippen molar-refractivity contribution in [3.8, 4) is 5.69 Å². The summed E-state index contributed by atoms with van der Waals surface area (Å²) in [7, 11) is 0. The van der Waals surface area contributed by atoms with Crippen molar-refractivity contribution in [1.82, 2.24) is 19.7 Å². The Bertz CT molecular complexity index is 1240. The molecule has 2 N–H and O–H groups in total. The van der Waals surface area contributed by atoms with Crippen LogP contribution in [0.3, 0.4) is 0 Å². The van der Waals surface area contributed by atoms with Crippen LogP contribution in [-0.2, 0) is 6.42 Å². The molecule has 2 aromatic heterocycles. The molecule has 1 amide bonds. The lowest BCUT2D eigenvalue weighted by Gasteiger charge is -2.08. The Morgan fingerprint density at radius 1 is 1.25 bits per heavy atom. The summed E-state index contributed by atoms with van der Waals surface area (Å²) in [5.74, 6) is -0.576. The van der Waals surface area contributed by atoms with Gasteiger partial charge in [0, 0.05) is 12.1 Å². The molecule has 0 atom stereocenters. The fourth-order valence-corrected chi connectivity index (χ4v) is 3.31. The zero-order valence-corrected chi connectivity index (χ0v) is 16.0. The van der Waals surface area contributed by atoms with E-state index < -0.39 is 11.7 Å². The van der Waals surface area contributed by atoms with Crippen LogP contribution >= 0.6 is 23.2 Å². The average molecular weight is 418 g/mol. The molecule has 0 aliphatic rings. The molecule has 0 aliphatic heterocycles. The van der Waals surface area contributed by atoms with E-state index in [9.17, 15) is 9.59 Å². The third kappa shape index (κ3) is 3.28. The molecule has 0 spiro atoms. The number of para-hydroxylation sites is 1. The minimum absolute atomic E-state index is 0.0337. The monoisotopic (exact) mass is 417 g/mol. The van der Waals surface area contributed by atoms with Gasteiger partial charge < -0.3 is 9.73 Å². The molecule has 0 unspecified atom stereocenters. The van der Waals surface area contributed by atoms with Crippen LogP contribution in [0.5, 0.6) is 0 Å². The van der Waals surface area contributed by atoms with E-state index in [2.05, 4.69) is 20.4 Å². The van der Waals surface area contributed by atoms with Crippen molar-refractivity contribution in [1.29, 1.82) is 0 Å². The van der Waals surface area contributed by atoms with Gasteiger partial charge in [0.05, 0.1) is 15.6 Å². The summed E-state index contributed by atoms with van der Waals surface area (Å²) in [5.41, 5.74) is 1.79. The van der Waals surface area contributed by atoms with E-state index in [0.29, 0.717) is 44.8 Å². The van der Waals surface area contributed by atoms with Gasteiger partial charge >= 0.3 is 5.76 Å². The summed E-state index contributed by atoms with van der Waals surface area (Å²) >= 11 is 12.5. The van der Waals surface area contributed by atoms with Gasteiger partial charge in [0.15, 0.2) is 5.58 Å². The zero-order valence-electron chi connectivity index (χ0n) is 14.5. The maximum atomic E-state index is 12.6. The maximum Gasteiger partial charge on any atom is 0.417 e. The third-order valence-electron chi connectivity index (χ3n) is 4.02. The normalized spacial score (nSPS) is 11.1. The number of fused-ring (bicyclic) bond motifs is 1. The SMILES string of the molecule is CCc1nc(C(=O)Nc2ccc3oc(=O)[nH]c3c2)nn1-c1c(Cl)cccc1Cl. The average Bonchev–Trinajstić information content (AvgIpc) is 3.24. The smallest absolute Gasteiger partial charge is 0.408 e. The van der Waals surface area contributed by atoms with Crippen LogP contribution in [0, 0.1) is 0 Å². The fourth-order valence-electron chi connectivity index (χ4n) is 2.76. The molecule has 10 heteroatoms. The molecule has 28 heavy (non-hydrogen) atoms. The number of carbonyl (C=O) groups is 1. The molecule has 0 bridgehead atoms. The lowest BCUT2D eigenvalue weighted by molar-refractivity contribution is 0.101. The first-order valence-corrected chi connectivity index (χ1v) is 9.06. The van der Waals surface area contributed by atoms with E-state index in [-0.39, 0.29) is 5.82 Å². The van der Waals surface area contributed by atoms with Gasteiger partial charge in [-0.05, 0) is 30.3 Å². The van der Waals surface area contributed by atoms with Crippen LogP contribution in [0.25, 0.3) is 16.8 Å². The fraction of sp³-hybridized carbons (Fsp3) is 0.111. The number of rotatable bonds is 4. The number of nitrogens with zero attached hydrogens (tertiary/aromatic N) is 3. The highest BCUT2D eigenvalue weighted by Gasteiger charge is 2.20. The van der Waals surface area contributed by atoms with E-state index in [1.807, 2.05) is 6.92 Å². The lowest BCUT2D eigenvalue weighted by atomic mass is 10.3. The van der Waals surface area contributed by atoms with E-state index in [1.54, 1.807) is 36.4 Å². The van der Waals surface area contributed by atoms with E-state index in [1.165, 1.54) is 4.68 Å². The molecule has 2 aromatic carbocycles. The Morgan fingerprint density at radius 3 is 2.71 bits per heavy atom. The Morgan fingerprint density at radius 2 is 2.00 bits per heavy atom. The van der Waals surface area contributed by atoms with Gasteiger partial charge in [-0.15, -0.1) is 5.10 Å². The van der Waals surface area contributed by atoms with Crippen molar-refractivity contribution in [3.05, 3.63) is 68.6 Å². The molecule has 4 rings (SSSR count). The number of benzene rings is 2. The number of hydrogen-bond acceptors (Lipinski definition) is 5. The second-order valence-electron chi connectivity index (χ2n) is 5.87. The molecule has 0 saturated heterocycles. The first-order chi connectivity index (χ1) is 13.5. The number of hydrogen-bond donors (Lipinski definition) is 2. The summed E-state index contributed by atoms with van der Waals surface area (Å²) in [4.78, 5) is 30.7. The second kappa shape index (κ2) is 7.14. The zero-order chi connectivity index (χ0) is 19.8. The number of aromatic amines is 1. The highest BCUT2D eigenvalue weighted by Crippen LogP contribution is 2.29. The second-order valence-corrected chi connectivity index (χ2v) is 6.68. The predicted octanol–water partition coefficient (Wildman–Crippen LogP) is 3.82. The largest absolute Gasteiger partial charge is 0.417 e. The van der Waals surface area contributed by atoms with Crippen molar-refractivity contribution >= 4 is 45.9 Å². The predicted molar refractivity (Wildman–Crippen MR) is 106 cm³/mol. The van der Waals surface area contributed by atoms with Crippen LogP contribution in [0.1, 0.15) is 23.4 Å². The Balaban J connectivity index is 1.67. The van der Waals surface area contributed by atoms with Crippen molar-refractivity contribution in [3.63, 3.8) is 0 Å². The lowest BCUT2D eigenvalue weighted by Crippen LogP contribution is -2.14. The number of nitrogens with one attached hydrogen (secondary N) is 2. The molecule has 142 valence electrons. The van der Waals surface area contributed by atoms with Crippen LogP contribution < -0.4 is 11.1 Å². The third-order valence-corrected chi connectivity index (χ3v) is 4.63. The number of anilines is 1. The van der Waals surface area contributed by atoms with Crippen LogP contribution in [0.2, 0.25) is 10.0 Å². The van der Waals surface area contributed by atoms with Crippen molar-refractivity contribution in [2.75, 3.05) is 5.32 Å². The van der Waals surface area contributed by atoms with Gasteiger partial charge in [0.1, 0.15) is 11.5 Å². The number of aryl methyl sites for hydroxylation is 1. The Labute approximate surface area is 168 Å². The van der Waals surface area contributed by atoms with Crippen molar-refractivity contribution < 1.29 is 9.21 Å². The van der Waals surface area contributed by atoms with Gasteiger partial charge in [-0.1, -0.05) is 36.2 Å². The molecule has 8 nitrogen and oxygen atoms in total. The summed E-state index contributed by atoms with van der Waals surface area (Å²) in [6.07, 6.45) is 0.518. The molecule has 0 saturated carbocycles. The number of carbonyl (C=O) groups excluding carboxylic acids is 1. The molecular formula is C18H13Cl2N5O3. The topological polar surface area (TPSA) is 106 Å². The number of aromatic nitrogens is 4. The summed E-state index contributed by atoms with van der Waals surface area (Å²) < 4.78 is 6.41. The van der Waals surface area contributed by atoms with Crippen LogP contribution in [0.15, 0.2) is 45.6 Å². The molecule has 4 aromatic rings. The van der Waals surface area contributed by atoms with Gasteiger partial charge in [-0.3, -0.25) is 9.78 Å². The molecule has 0 fully saturated rings. The summed E-state index contributed by atoms with van der Waals surface area (Å²) in [6.45, 7) is 1.89. The van der Waals surface area contributed by atoms with Gasteiger partial charge in [-0.25, -0.2) is 14.5 Å². The van der Waals surface area contributed by atoms with E-state index in [4.69, 9.17) is 27.6 Å². The Hall–Kier alpha value is -3.10. The van der Waals surface area contributed by atoms with Crippen LogP contribution in [-0.4, -0.2) is 25.7 Å². The van der Waals surface area contributed by atoms with Crippen molar-refractivity contribution in [2.45, 2.75) is 13.3 Å². The first kappa shape index (κ1) is 18.3.